The Morgan fingerprint density at radius 3 is 3.00 bits per heavy atom. The van der Waals surface area contributed by atoms with E-state index in [1.54, 1.807) is 17.1 Å². The van der Waals surface area contributed by atoms with E-state index in [1.807, 2.05) is 19.1 Å². The van der Waals surface area contributed by atoms with Crippen molar-refractivity contribution >= 4 is 17.5 Å². The number of carbonyl (C=O) groups is 2. The van der Waals surface area contributed by atoms with Crippen molar-refractivity contribution in [2.45, 2.75) is 19.8 Å². The van der Waals surface area contributed by atoms with Crippen molar-refractivity contribution in [1.29, 1.82) is 0 Å². The van der Waals surface area contributed by atoms with Crippen molar-refractivity contribution in [3.05, 3.63) is 29.8 Å². The maximum absolute atomic E-state index is 11.6. The summed E-state index contributed by atoms with van der Waals surface area (Å²) in [6, 6.07) is 7.20. The van der Waals surface area contributed by atoms with Gasteiger partial charge in [-0.2, -0.15) is 0 Å². The molecule has 0 fully saturated rings. The Hall–Kier alpha value is -2.04. The van der Waals surface area contributed by atoms with Crippen LogP contribution in [0.2, 0.25) is 0 Å². The number of hydrogen-bond donors (Lipinski definition) is 2. The lowest BCUT2D eigenvalue weighted by molar-refractivity contribution is -0.121. The number of hydrogen-bond acceptors (Lipinski definition) is 3. The molecule has 5 heteroatoms. The third kappa shape index (κ3) is 2.38. The fourth-order valence-electron chi connectivity index (χ4n) is 1.77. The molecule has 1 aliphatic rings. The highest BCUT2D eigenvalue weighted by Crippen LogP contribution is 2.21. The molecule has 0 aromatic heterocycles. The summed E-state index contributed by atoms with van der Waals surface area (Å²) in [5.41, 5.74) is 4.09. The third-order valence-corrected chi connectivity index (χ3v) is 2.57. The predicted molar refractivity (Wildman–Crippen MR) is 64.3 cm³/mol. The van der Waals surface area contributed by atoms with E-state index in [0.29, 0.717) is 18.7 Å². The van der Waals surface area contributed by atoms with Gasteiger partial charge in [0.2, 0.25) is 5.91 Å². The van der Waals surface area contributed by atoms with Gasteiger partial charge in [0.05, 0.1) is 11.3 Å². The van der Waals surface area contributed by atoms with Gasteiger partial charge in [-0.15, -0.1) is 0 Å². The highest BCUT2D eigenvalue weighted by Gasteiger charge is 2.22. The number of rotatable bonds is 3. The molecule has 0 saturated heterocycles. The minimum absolute atomic E-state index is 0.0431. The zero-order chi connectivity index (χ0) is 12.3. The molecule has 0 saturated carbocycles. The number of para-hydroxylation sites is 1. The van der Waals surface area contributed by atoms with Gasteiger partial charge in [0.15, 0.2) is 0 Å². The quantitative estimate of drug-likeness (QED) is 0.819. The van der Waals surface area contributed by atoms with Crippen molar-refractivity contribution in [3.8, 4) is 0 Å². The SMILES string of the molecule is CCCC(=O)NN1CNC(=O)c2ccccc21. The third-order valence-electron chi connectivity index (χ3n) is 2.57. The minimum Gasteiger partial charge on any atom is -0.333 e. The lowest BCUT2D eigenvalue weighted by Gasteiger charge is -2.31. The van der Waals surface area contributed by atoms with Crippen molar-refractivity contribution in [1.82, 2.24) is 10.7 Å². The Kier molecular flexibility index (Phi) is 3.27. The Morgan fingerprint density at radius 2 is 2.24 bits per heavy atom. The Bertz CT molecular complexity index is 445. The van der Waals surface area contributed by atoms with Crippen LogP contribution in [0.15, 0.2) is 24.3 Å². The van der Waals surface area contributed by atoms with E-state index in [-0.39, 0.29) is 11.8 Å². The van der Waals surface area contributed by atoms with Crippen LogP contribution in [0, 0.1) is 0 Å². The summed E-state index contributed by atoms with van der Waals surface area (Å²) in [6.45, 7) is 2.25. The molecule has 0 spiro atoms. The molecule has 1 aromatic carbocycles. The summed E-state index contributed by atoms with van der Waals surface area (Å²) in [5.74, 6) is -0.153. The Labute approximate surface area is 99.8 Å². The van der Waals surface area contributed by atoms with Crippen LogP contribution in [0.5, 0.6) is 0 Å². The molecule has 17 heavy (non-hydrogen) atoms. The molecule has 0 radical (unpaired) electrons. The van der Waals surface area contributed by atoms with Gasteiger partial charge in [-0.05, 0) is 18.6 Å². The van der Waals surface area contributed by atoms with E-state index in [4.69, 9.17) is 0 Å². The first-order valence-corrected chi connectivity index (χ1v) is 5.66. The molecule has 2 amide bonds. The topological polar surface area (TPSA) is 61.4 Å². The number of nitrogens with zero attached hydrogens (tertiary/aromatic N) is 1. The van der Waals surface area contributed by atoms with E-state index in [1.165, 1.54) is 0 Å². The number of fused-ring (bicyclic) bond motifs is 1. The van der Waals surface area contributed by atoms with Crippen molar-refractivity contribution in [2.75, 3.05) is 11.7 Å². The van der Waals surface area contributed by atoms with Crippen LogP contribution in [0.1, 0.15) is 30.1 Å². The fourth-order valence-corrected chi connectivity index (χ4v) is 1.77. The fraction of sp³-hybridized carbons (Fsp3) is 0.333. The summed E-state index contributed by atoms with van der Waals surface area (Å²) in [5, 5.41) is 4.37. The van der Waals surface area contributed by atoms with Crippen LogP contribution in [0.25, 0.3) is 0 Å². The molecule has 0 aliphatic carbocycles. The van der Waals surface area contributed by atoms with Crippen LogP contribution in [0.4, 0.5) is 5.69 Å². The Morgan fingerprint density at radius 1 is 1.47 bits per heavy atom. The van der Waals surface area contributed by atoms with Crippen LogP contribution < -0.4 is 15.8 Å². The van der Waals surface area contributed by atoms with Gasteiger partial charge in [-0.3, -0.25) is 20.0 Å². The predicted octanol–water partition coefficient (Wildman–Crippen LogP) is 1.03. The molecule has 0 atom stereocenters. The lowest BCUT2D eigenvalue weighted by atomic mass is 10.1. The standard InChI is InChI=1S/C12H15N3O2/c1-2-5-11(16)14-15-8-13-12(17)9-6-3-4-7-10(9)15/h3-4,6-7H,2,5,8H2,1H3,(H,13,17)(H,14,16). The average molecular weight is 233 g/mol. The van der Waals surface area contributed by atoms with Gasteiger partial charge in [0.1, 0.15) is 6.67 Å². The van der Waals surface area contributed by atoms with Gasteiger partial charge < -0.3 is 5.32 Å². The normalized spacial score (nSPS) is 13.9. The number of benzene rings is 1. The number of amides is 2. The molecule has 2 N–H and O–H groups in total. The van der Waals surface area contributed by atoms with E-state index in [9.17, 15) is 9.59 Å². The van der Waals surface area contributed by atoms with Crippen molar-refractivity contribution in [3.63, 3.8) is 0 Å². The van der Waals surface area contributed by atoms with Crippen LogP contribution >= 0.6 is 0 Å². The second-order valence-corrected chi connectivity index (χ2v) is 3.89. The molecular weight excluding hydrogens is 218 g/mol. The van der Waals surface area contributed by atoms with Gasteiger partial charge in [-0.1, -0.05) is 19.1 Å². The first kappa shape index (κ1) is 11.4. The zero-order valence-electron chi connectivity index (χ0n) is 9.69. The van der Waals surface area contributed by atoms with E-state index in [2.05, 4.69) is 10.7 Å². The number of hydrazine groups is 1. The summed E-state index contributed by atoms with van der Waals surface area (Å²) in [4.78, 5) is 23.1. The smallest absolute Gasteiger partial charge is 0.254 e. The highest BCUT2D eigenvalue weighted by atomic mass is 16.2. The van der Waals surface area contributed by atoms with Crippen molar-refractivity contribution in [2.24, 2.45) is 0 Å². The monoisotopic (exact) mass is 233 g/mol. The van der Waals surface area contributed by atoms with Gasteiger partial charge in [0.25, 0.3) is 5.91 Å². The molecule has 1 heterocycles. The molecule has 0 bridgehead atoms. The molecule has 0 unspecified atom stereocenters. The number of nitrogens with one attached hydrogen (secondary N) is 2. The summed E-state index contributed by atoms with van der Waals surface area (Å²) >= 11 is 0. The molecule has 90 valence electrons. The molecule has 5 nitrogen and oxygen atoms in total. The lowest BCUT2D eigenvalue weighted by Crippen LogP contribution is -2.52. The molecule has 2 rings (SSSR count). The average Bonchev–Trinajstić information content (AvgIpc) is 2.34. The molecule has 1 aromatic rings. The Balaban J connectivity index is 2.18. The number of carbonyl (C=O) groups excluding carboxylic acids is 2. The van der Waals surface area contributed by atoms with E-state index < -0.39 is 0 Å². The molecular formula is C12H15N3O2. The summed E-state index contributed by atoms with van der Waals surface area (Å²) < 4.78 is 0. The number of anilines is 1. The van der Waals surface area contributed by atoms with Crippen LogP contribution in [0.3, 0.4) is 0 Å². The minimum atomic E-state index is -0.110. The first-order valence-electron chi connectivity index (χ1n) is 5.66. The van der Waals surface area contributed by atoms with Crippen LogP contribution in [-0.2, 0) is 4.79 Å². The van der Waals surface area contributed by atoms with Crippen molar-refractivity contribution < 1.29 is 9.59 Å². The van der Waals surface area contributed by atoms with E-state index >= 15 is 0 Å². The zero-order valence-corrected chi connectivity index (χ0v) is 9.69. The molecule has 1 aliphatic heterocycles. The highest BCUT2D eigenvalue weighted by molar-refractivity contribution is 6.01. The maximum atomic E-state index is 11.6. The second kappa shape index (κ2) is 4.86. The van der Waals surface area contributed by atoms with Gasteiger partial charge in [0, 0.05) is 6.42 Å². The van der Waals surface area contributed by atoms with Gasteiger partial charge >= 0.3 is 0 Å². The summed E-state index contributed by atoms with van der Waals surface area (Å²) in [7, 11) is 0. The maximum Gasteiger partial charge on any atom is 0.254 e. The first-order chi connectivity index (χ1) is 8.22. The van der Waals surface area contributed by atoms with Gasteiger partial charge in [-0.25, -0.2) is 0 Å². The van der Waals surface area contributed by atoms with Crippen LogP contribution in [-0.4, -0.2) is 18.5 Å². The largest absolute Gasteiger partial charge is 0.333 e. The van der Waals surface area contributed by atoms with E-state index in [0.717, 1.165) is 12.1 Å². The second-order valence-electron chi connectivity index (χ2n) is 3.89. The summed E-state index contributed by atoms with van der Waals surface area (Å²) in [6.07, 6.45) is 1.28.